The molecule has 0 fully saturated rings. The SMILES string of the molecule is CC(CO)Nc1nncc2ccccc12. The molecule has 0 aliphatic carbocycles. The van der Waals surface area contributed by atoms with Crippen LogP contribution >= 0.6 is 0 Å². The van der Waals surface area contributed by atoms with E-state index >= 15 is 0 Å². The summed E-state index contributed by atoms with van der Waals surface area (Å²) in [5.74, 6) is 0.717. The molecule has 0 saturated carbocycles. The topological polar surface area (TPSA) is 58.0 Å². The zero-order valence-corrected chi connectivity index (χ0v) is 8.51. The summed E-state index contributed by atoms with van der Waals surface area (Å²) in [6, 6.07) is 7.86. The first-order valence-corrected chi connectivity index (χ1v) is 4.89. The molecule has 0 spiro atoms. The first-order chi connectivity index (χ1) is 7.31. The molecule has 2 aromatic rings. The van der Waals surface area contributed by atoms with Gasteiger partial charge in [0.2, 0.25) is 0 Å². The highest BCUT2D eigenvalue weighted by atomic mass is 16.3. The quantitative estimate of drug-likeness (QED) is 0.792. The summed E-state index contributed by atoms with van der Waals surface area (Å²) in [6.45, 7) is 1.97. The van der Waals surface area contributed by atoms with Crippen molar-refractivity contribution < 1.29 is 5.11 Å². The lowest BCUT2D eigenvalue weighted by atomic mass is 10.2. The summed E-state index contributed by atoms with van der Waals surface area (Å²) >= 11 is 0. The van der Waals surface area contributed by atoms with Crippen molar-refractivity contribution in [3.63, 3.8) is 0 Å². The molecule has 1 aromatic carbocycles. The fourth-order valence-electron chi connectivity index (χ4n) is 1.41. The lowest BCUT2D eigenvalue weighted by Crippen LogP contribution is -2.20. The number of nitrogens with zero attached hydrogens (tertiary/aromatic N) is 2. The Hall–Kier alpha value is -1.68. The second-order valence-electron chi connectivity index (χ2n) is 3.51. The van der Waals surface area contributed by atoms with Crippen molar-refractivity contribution in [1.29, 1.82) is 0 Å². The smallest absolute Gasteiger partial charge is 0.156 e. The van der Waals surface area contributed by atoms with E-state index in [0.717, 1.165) is 16.6 Å². The molecule has 1 heterocycles. The average Bonchev–Trinajstić information content (AvgIpc) is 2.29. The molecule has 4 heteroatoms. The van der Waals surface area contributed by atoms with Crippen LogP contribution in [0.2, 0.25) is 0 Å². The molecule has 2 rings (SSSR count). The summed E-state index contributed by atoms with van der Waals surface area (Å²) in [6.07, 6.45) is 1.73. The Balaban J connectivity index is 2.42. The van der Waals surface area contributed by atoms with E-state index in [4.69, 9.17) is 5.11 Å². The normalized spacial score (nSPS) is 12.7. The first kappa shape index (κ1) is 9.86. The maximum absolute atomic E-state index is 8.96. The van der Waals surface area contributed by atoms with E-state index in [9.17, 15) is 0 Å². The molecular weight excluding hydrogens is 190 g/mol. The predicted molar refractivity (Wildman–Crippen MR) is 59.7 cm³/mol. The Kier molecular flexibility index (Phi) is 2.78. The van der Waals surface area contributed by atoms with Crippen molar-refractivity contribution in [3.8, 4) is 0 Å². The van der Waals surface area contributed by atoms with E-state index < -0.39 is 0 Å². The molecule has 1 unspecified atom stereocenters. The Morgan fingerprint density at radius 1 is 1.40 bits per heavy atom. The van der Waals surface area contributed by atoms with Crippen LogP contribution < -0.4 is 5.32 Å². The largest absolute Gasteiger partial charge is 0.394 e. The average molecular weight is 203 g/mol. The van der Waals surface area contributed by atoms with Gasteiger partial charge in [0.15, 0.2) is 5.82 Å². The minimum absolute atomic E-state index is 0.0230. The van der Waals surface area contributed by atoms with Crippen molar-refractivity contribution in [2.45, 2.75) is 13.0 Å². The van der Waals surface area contributed by atoms with Crippen molar-refractivity contribution in [2.75, 3.05) is 11.9 Å². The Bertz CT molecular complexity index is 453. The minimum Gasteiger partial charge on any atom is -0.394 e. The number of aliphatic hydroxyl groups excluding tert-OH is 1. The summed E-state index contributed by atoms with van der Waals surface area (Å²) in [7, 11) is 0. The molecule has 1 atom stereocenters. The van der Waals surface area contributed by atoms with Crippen LogP contribution in [0.3, 0.4) is 0 Å². The third-order valence-corrected chi connectivity index (χ3v) is 2.23. The third kappa shape index (κ3) is 2.05. The highest BCUT2D eigenvalue weighted by Crippen LogP contribution is 2.19. The fraction of sp³-hybridized carbons (Fsp3) is 0.273. The van der Waals surface area contributed by atoms with Crippen LogP contribution in [0.4, 0.5) is 5.82 Å². The van der Waals surface area contributed by atoms with Crippen molar-refractivity contribution in [2.24, 2.45) is 0 Å². The summed E-state index contributed by atoms with van der Waals surface area (Å²) in [5.41, 5.74) is 0. The lowest BCUT2D eigenvalue weighted by Gasteiger charge is -2.12. The third-order valence-electron chi connectivity index (χ3n) is 2.23. The standard InChI is InChI=1S/C11H13N3O/c1-8(7-15)13-11-10-5-3-2-4-9(10)6-12-14-11/h2-6,8,15H,7H2,1H3,(H,13,14). The number of hydrogen-bond donors (Lipinski definition) is 2. The zero-order chi connectivity index (χ0) is 10.7. The van der Waals surface area contributed by atoms with Gasteiger partial charge in [-0.1, -0.05) is 24.3 Å². The van der Waals surface area contributed by atoms with Crippen molar-refractivity contribution >= 4 is 16.6 Å². The van der Waals surface area contributed by atoms with Gasteiger partial charge in [-0.05, 0) is 6.92 Å². The molecule has 0 bridgehead atoms. The van der Waals surface area contributed by atoms with Gasteiger partial charge in [-0.2, -0.15) is 5.10 Å². The van der Waals surface area contributed by atoms with Crippen LogP contribution in [-0.4, -0.2) is 28.0 Å². The van der Waals surface area contributed by atoms with E-state index in [1.54, 1.807) is 6.20 Å². The van der Waals surface area contributed by atoms with E-state index in [0.29, 0.717) is 0 Å². The van der Waals surface area contributed by atoms with Crippen molar-refractivity contribution in [3.05, 3.63) is 30.5 Å². The second kappa shape index (κ2) is 4.23. The molecule has 0 amide bonds. The second-order valence-corrected chi connectivity index (χ2v) is 3.51. The molecule has 78 valence electrons. The number of rotatable bonds is 3. The van der Waals surface area contributed by atoms with Crippen LogP contribution in [-0.2, 0) is 0 Å². The van der Waals surface area contributed by atoms with Crippen LogP contribution in [0, 0.1) is 0 Å². The lowest BCUT2D eigenvalue weighted by molar-refractivity contribution is 0.281. The number of nitrogens with one attached hydrogen (secondary N) is 1. The molecule has 4 nitrogen and oxygen atoms in total. The Morgan fingerprint density at radius 3 is 3.00 bits per heavy atom. The van der Waals surface area contributed by atoms with Gasteiger partial charge in [0, 0.05) is 16.8 Å². The monoisotopic (exact) mass is 203 g/mol. The van der Waals surface area contributed by atoms with Gasteiger partial charge in [0.25, 0.3) is 0 Å². The summed E-state index contributed by atoms with van der Waals surface area (Å²) < 4.78 is 0. The fourth-order valence-corrected chi connectivity index (χ4v) is 1.41. The molecule has 0 aliphatic heterocycles. The molecular formula is C11H13N3O. The van der Waals surface area contributed by atoms with Crippen LogP contribution in [0.15, 0.2) is 30.5 Å². The number of aliphatic hydroxyl groups is 1. The number of fused-ring (bicyclic) bond motifs is 1. The maximum atomic E-state index is 8.96. The first-order valence-electron chi connectivity index (χ1n) is 4.89. The molecule has 0 saturated heterocycles. The molecule has 15 heavy (non-hydrogen) atoms. The van der Waals surface area contributed by atoms with Gasteiger partial charge in [0.05, 0.1) is 12.8 Å². The van der Waals surface area contributed by atoms with Gasteiger partial charge >= 0.3 is 0 Å². The van der Waals surface area contributed by atoms with Crippen LogP contribution in [0.1, 0.15) is 6.92 Å². The van der Waals surface area contributed by atoms with Crippen LogP contribution in [0.5, 0.6) is 0 Å². The number of anilines is 1. The number of hydrogen-bond acceptors (Lipinski definition) is 4. The molecule has 2 N–H and O–H groups in total. The van der Waals surface area contributed by atoms with E-state index in [-0.39, 0.29) is 12.6 Å². The zero-order valence-electron chi connectivity index (χ0n) is 8.51. The minimum atomic E-state index is -0.0230. The maximum Gasteiger partial charge on any atom is 0.156 e. The van der Waals surface area contributed by atoms with Gasteiger partial charge in [-0.3, -0.25) is 0 Å². The van der Waals surface area contributed by atoms with E-state index in [1.165, 1.54) is 0 Å². The van der Waals surface area contributed by atoms with Gasteiger partial charge in [-0.25, -0.2) is 0 Å². The molecule has 1 aromatic heterocycles. The van der Waals surface area contributed by atoms with Crippen LogP contribution in [0.25, 0.3) is 10.8 Å². The van der Waals surface area contributed by atoms with E-state index in [1.807, 2.05) is 31.2 Å². The predicted octanol–water partition coefficient (Wildman–Crippen LogP) is 1.42. The Morgan fingerprint density at radius 2 is 2.20 bits per heavy atom. The number of benzene rings is 1. The summed E-state index contributed by atoms with van der Waals surface area (Å²) in [4.78, 5) is 0. The highest BCUT2D eigenvalue weighted by molar-refractivity contribution is 5.90. The highest BCUT2D eigenvalue weighted by Gasteiger charge is 2.05. The molecule has 0 aliphatic rings. The Labute approximate surface area is 88.0 Å². The van der Waals surface area contributed by atoms with Gasteiger partial charge < -0.3 is 10.4 Å². The van der Waals surface area contributed by atoms with Crippen molar-refractivity contribution in [1.82, 2.24) is 10.2 Å². The van der Waals surface area contributed by atoms with Gasteiger partial charge in [0.1, 0.15) is 0 Å². The van der Waals surface area contributed by atoms with E-state index in [2.05, 4.69) is 15.5 Å². The number of aromatic nitrogens is 2. The molecule has 0 radical (unpaired) electrons. The summed E-state index contributed by atoms with van der Waals surface area (Å²) in [5, 5.41) is 22.1. The van der Waals surface area contributed by atoms with Gasteiger partial charge in [-0.15, -0.1) is 5.10 Å².